The van der Waals surface area contributed by atoms with Gasteiger partial charge < -0.3 is 20.3 Å². The third-order valence-electron chi connectivity index (χ3n) is 4.68. The zero-order valence-corrected chi connectivity index (χ0v) is 15.7. The smallest absolute Gasteiger partial charge is 0.315 e. The minimum absolute atomic E-state index is 0.0261. The number of rotatable bonds is 6. The van der Waals surface area contributed by atoms with Gasteiger partial charge >= 0.3 is 6.03 Å². The maximum Gasteiger partial charge on any atom is 0.315 e. The van der Waals surface area contributed by atoms with Crippen molar-refractivity contribution in [3.8, 4) is 5.75 Å². The number of benzene rings is 2. The van der Waals surface area contributed by atoms with Gasteiger partial charge in [0.05, 0.1) is 13.2 Å². The van der Waals surface area contributed by atoms with E-state index in [0.717, 1.165) is 22.6 Å². The van der Waals surface area contributed by atoms with Crippen LogP contribution in [0.1, 0.15) is 17.5 Å². The van der Waals surface area contributed by atoms with Crippen LogP contribution in [0, 0.1) is 6.92 Å². The van der Waals surface area contributed by atoms with Gasteiger partial charge in [-0.25, -0.2) is 4.79 Å². The maximum absolute atomic E-state index is 12.3. The molecule has 3 amide bonds. The minimum atomic E-state index is -0.256. The second-order valence-electron chi connectivity index (χ2n) is 6.70. The van der Waals surface area contributed by atoms with Crippen molar-refractivity contribution in [2.24, 2.45) is 0 Å². The third-order valence-corrected chi connectivity index (χ3v) is 4.68. The molecule has 142 valence electrons. The molecule has 0 unspecified atom stereocenters. The molecule has 27 heavy (non-hydrogen) atoms. The molecule has 2 aromatic rings. The number of aryl methyl sites for hydroxylation is 1. The van der Waals surface area contributed by atoms with Crippen molar-refractivity contribution in [3.63, 3.8) is 0 Å². The highest BCUT2D eigenvalue weighted by molar-refractivity contribution is 5.96. The molecule has 0 spiro atoms. The molecular weight excluding hydrogens is 342 g/mol. The van der Waals surface area contributed by atoms with Crippen molar-refractivity contribution in [2.75, 3.05) is 25.1 Å². The fourth-order valence-corrected chi connectivity index (χ4v) is 3.24. The van der Waals surface area contributed by atoms with Crippen LogP contribution in [0.15, 0.2) is 48.5 Å². The van der Waals surface area contributed by atoms with Gasteiger partial charge in [0.15, 0.2) is 0 Å². The van der Waals surface area contributed by atoms with Crippen LogP contribution >= 0.6 is 0 Å². The summed E-state index contributed by atoms with van der Waals surface area (Å²) in [4.78, 5) is 26.1. The van der Waals surface area contributed by atoms with Gasteiger partial charge in [-0.1, -0.05) is 35.9 Å². The molecule has 1 fully saturated rings. The van der Waals surface area contributed by atoms with E-state index >= 15 is 0 Å². The van der Waals surface area contributed by atoms with E-state index in [1.54, 1.807) is 12.0 Å². The van der Waals surface area contributed by atoms with Gasteiger partial charge in [-0.15, -0.1) is 0 Å². The van der Waals surface area contributed by atoms with Crippen LogP contribution < -0.4 is 20.3 Å². The number of nitrogens with zero attached hydrogens (tertiary/aromatic N) is 1. The van der Waals surface area contributed by atoms with E-state index in [1.807, 2.05) is 55.5 Å². The Bertz CT molecular complexity index is 805. The van der Waals surface area contributed by atoms with Gasteiger partial charge in [0.25, 0.3) is 0 Å². The molecule has 0 aliphatic carbocycles. The standard InChI is InChI=1S/C21H25N3O3/c1-15-7-9-18(10-8-15)24-14-17(13-20(24)25)23-21(26)22-12-11-16-5-3-4-6-19(16)27-2/h3-10,17H,11-14H2,1-2H3,(H2,22,23,26)/t17-/m0/s1. The van der Waals surface area contributed by atoms with Crippen molar-refractivity contribution < 1.29 is 14.3 Å². The lowest BCUT2D eigenvalue weighted by molar-refractivity contribution is -0.117. The molecule has 6 heteroatoms. The molecule has 0 bridgehead atoms. The Hall–Kier alpha value is -3.02. The van der Waals surface area contributed by atoms with Gasteiger partial charge in [0.1, 0.15) is 5.75 Å². The molecule has 1 aliphatic rings. The number of hydrogen-bond acceptors (Lipinski definition) is 3. The SMILES string of the molecule is COc1ccccc1CCNC(=O)N[C@H]1CC(=O)N(c2ccc(C)cc2)C1. The molecule has 2 aromatic carbocycles. The number of ether oxygens (including phenoxy) is 1. The Balaban J connectivity index is 1.47. The van der Waals surface area contributed by atoms with E-state index in [4.69, 9.17) is 4.74 Å². The average Bonchev–Trinajstić information content (AvgIpc) is 3.02. The summed E-state index contributed by atoms with van der Waals surface area (Å²) < 4.78 is 5.31. The monoisotopic (exact) mass is 367 g/mol. The molecule has 3 rings (SSSR count). The number of anilines is 1. The van der Waals surface area contributed by atoms with E-state index in [1.165, 1.54) is 0 Å². The Morgan fingerprint density at radius 1 is 1.19 bits per heavy atom. The van der Waals surface area contributed by atoms with Crippen LogP contribution in [-0.2, 0) is 11.2 Å². The van der Waals surface area contributed by atoms with Crippen molar-refractivity contribution >= 4 is 17.6 Å². The van der Waals surface area contributed by atoms with Gasteiger partial charge in [0.2, 0.25) is 5.91 Å². The van der Waals surface area contributed by atoms with Crippen LogP contribution in [0.4, 0.5) is 10.5 Å². The highest BCUT2D eigenvalue weighted by Crippen LogP contribution is 2.22. The van der Waals surface area contributed by atoms with E-state index in [9.17, 15) is 9.59 Å². The molecule has 1 atom stereocenters. The molecule has 2 N–H and O–H groups in total. The lowest BCUT2D eigenvalue weighted by Gasteiger charge is -2.17. The Morgan fingerprint density at radius 2 is 1.93 bits per heavy atom. The summed E-state index contributed by atoms with van der Waals surface area (Å²) in [5.74, 6) is 0.841. The Kier molecular flexibility index (Phi) is 5.96. The van der Waals surface area contributed by atoms with E-state index in [0.29, 0.717) is 25.9 Å². The Morgan fingerprint density at radius 3 is 2.67 bits per heavy atom. The Labute approximate surface area is 159 Å². The molecule has 1 aliphatic heterocycles. The second kappa shape index (κ2) is 8.58. The maximum atomic E-state index is 12.3. The largest absolute Gasteiger partial charge is 0.496 e. The predicted octanol–water partition coefficient (Wildman–Crippen LogP) is 2.65. The van der Waals surface area contributed by atoms with E-state index in [2.05, 4.69) is 10.6 Å². The lowest BCUT2D eigenvalue weighted by Crippen LogP contribution is -2.43. The highest BCUT2D eigenvalue weighted by Gasteiger charge is 2.31. The molecular formula is C21H25N3O3. The number of carbonyl (C=O) groups is 2. The lowest BCUT2D eigenvalue weighted by atomic mass is 10.1. The number of methoxy groups -OCH3 is 1. The van der Waals surface area contributed by atoms with E-state index in [-0.39, 0.29) is 18.0 Å². The first-order valence-electron chi connectivity index (χ1n) is 9.10. The summed E-state index contributed by atoms with van der Waals surface area (Å²) in [5.41, 5.74) is 3.06. The summed E-state index contributed by atoms with van der Waals surface area (Å²) in [5, 5.41) is 5.74. The van der Waals surface area contributed by atoms with Crippen molar-refractivity contribution in [1.82, 2.24) is 10.6 Å². The second-order valence-corrected chi connectivity index (χ2v) is 6.70. The number of carbonyl (C=O) groups excluding carboxylic acids is 2. The van der Waals surface area contributed by atoms with Crippen LogP contribution in [0.25, 0.3) is 0 Å². The van der Waals surface area contributed by atoms with Gasteiger partial charge in [0, 0.05) is 25.2 Å². The predicted molar refractivity (Wildman–Crippen MR) is 105 cm³/mol. The van der Waals surface area contributed by atoms with Gasteiger partial charge in [-0.3, -0.25) is 4.79 Å². The van der Waals surface area contributed by atoms with E-state index < -0.39 is 0 Å². The van der Waals surface area contributed by atoms with Crippen LogP contribution in [0.2, 0.25) is 0 Å². The number of para-hydroxylation sites is 1. The minimum Gasteiger partial charge on any atom is -0.496 e. The number of amides is 3. The highest BCUT2D eigenvalue weighted by atomic mass is 16.5. The quantitative estimate of drug-likeness (QED) is 0.825. The van der Waals surface area contributed by atoms with Crippen molar-refractivity contribution in [2.45, 2.75) is 25.8 Å². The van der Waals surface area contributed by atoms with Crippen molar-refractivity contribution in [3.05, 3.63) is 59.7 Å². The summed E-state index contributed by atoms with van der Waals surface area (Å²) in [7, 11) is 1.63. The first kappa shape index (κ1) is 18.8. The fourth-order valence-electron chi connectivity index (χ4n) is 3.24. The molecule has 0 aromatic heterocycles. The summed E-state index contributed by atoms with van der Waals surface area (Å²) >= 11 is 0. The summed E-state index contributed by atoms with van der Waals surface area (Å²) in [6.07, 6.45) is 0.990. The first-order valence-corrected chi connectivity index (χ1v) is 9.10. The van der Waals surface area contributed by atoms with Gasteiger partial charge in [-0.2, -0.15) is 0 Å². The normalized spacial score (nSPS) is 16.3. The van der Waals surface area contributed by atoms with Gasteiger partial charge in [-0.05, 0) is 37.1 Å². The zero-order valence-electron chi connectivity index (χ0n) is 15.7. The molecule has 1 saturated heterocycles. The average molecular weight is 367 g/mol. The van der Waals surface area contributed by atoms with Crippen LogP contribution in [0.5, 0.6) is 5.75 Å². The topological polar surface area (TPSA) is 70.7 Å². The van der Waals surface area contributed by atoms with Crippen LogP contribution in [-0.4, -0.2) is 38.2 Å². The molecule has 0 radical (unpaired) electrons. The number of urea groups is 1. The van der Waals surface area contributed by atoms with Crippen LogP contribution in [0.3, 0.4) is 0 Å². The molecule has 6 nitrogen and oxygen atoms in total. The van der Waals surface area contributed by atoms with Crippen molar-refractivity contribution in [1.29, 1.82) is 0 Å². The molecule has 1 heterocycles. The molecule has 0 saturated carbocycles. The summed E-state index contributed by atoms with van der Waals surface area (Å²) in [6.45, 7) is 2.99. The number of hydrogen-bond donors (Lipinski definition) is 2. The zero-order chi connectivity index (χ0) is 19.2. The third kappa shape index (κ3) is 4.78. The fraction of sp³-hybridized carbons (Fsp3) is 0.333. The summed E-state index contributed by atoms with van der Waals surface area (Å²) in [6, 6.07) is 15.1. The number of nitrogens with one attached hydrogen (secondary N) is 2. The first-order chi connectivity index (χ1) is 13.1.